The van der Waals surface area contributed by atoms with E-state index in [1.54, 1.807) is 11.3 Å². The van der Waals surface area contributed by atoms with Crippen LogP contribution in [0, 0.1) is 13.8 Å². The van der Waals surface area contributed by atoms with E-state index in [0.717, 1.165) is 26.4 Å². The monoisotopic (exact) mass is 415 g/mol. The summed E-state index contributed by atoms with van der Waals surface area (Å²) in [6, 6.07) is 8.97. The molecule has 0 aliphatic rings. The molecule has 3 aromatic rings. The van der Waals surface area contributed by atoms with Gasteiger partial charge < -0.3 is 10.1 Å². The molecule has 2 heterocycles. The third-order valence-electron chi connectivity index (χ3n) is 4.41. The summed E-state index contributed by atoms with van der Waals surface area (Å²) < 4.78 is 4.77. The zero-order valence-electron chi connectivity index (χ0n) is 15.9. The van der Waals surface area contributed by atoms with E-state index in [4.69, 9.17) is 4.74 Å². The second-order valence-corrected chi connectivity index (χ2v) is 8.41. The van der Waals surface area contributed by atoms with Gasteiger partial charge in [-0.25, -0.2) is 9.97 Å². The molecule has 8 heteroatoms. The number of carbonyl (C=O) groups excluding carboxylic acids is 2. The highest BCUT2D eigenvalue weighted by Crippen LogP contribution is 2.34. The van der Waals surface area contributed by atoms with Crippen molar-refractivity contribution in [3.05, 3.63) is 52.7 Å². The van der Waals surface area contributed by atoms with Gasteiger partial charge in [0.05, 0.1) is 25.3 Å². The minimum atomic E-state index is -0.433. The van der Waals surface area contributed by atoms with Crippen LogP contribution in [0.2, 0.25) is 0 Å². The number of ether oxygens (including phenoxy) is 1. The number of thioether (sulfide) groups is 1. The van der Waals surface area contributed by atoms with Gasteiger partial charge in [0, 0.05) is 10.3 Å². The molecule has 2 aromatic heterocycles. The number of nitrogens with one attached hydrogen (secondary N) is 1. The smallest absolute Gasteiger partial charge is 0.307 e. The van der Waals surface area contributed by atoms with Crippen LogP contribution in [0.4, 0.5) is 0 Å². The molecule has 28 heavy (non-hydrogen) atoms. The van der Waals surface area contributed by atoms with Crippen molar-refractivity contribution in [3.63, 3.8) is 0 Å². The van der Waals surface area contributed by atoms with Crippen molar-refractivity contribution in [1.82, 2.24) is 15.3 Å². The number of nitrogens with zero attached hydrogens (tertiary/aromatic N) is 2. The maximum atomic E-state index is 12.6. The van der Waals surface area contributed by atoms with E-state index in [9.17, 15) is 9.59 Å². The van der Waals surface area contributed by atoms with E-state index < -0.39 is 6.04 Å². The quantitative estimate of drug-likeness (QED) is 0.359. The standard InChI is InChI=1S/C20H21N3O3S2/c1-12-13(2)28-20-18(12)19(21-11-22-20)27-10-16(24)23-15(9-17(25)26-3)14-7-5-4-6-8-14/h4-8,11,15H,9-10H2,1-3H3,(H,23,24). The number of hydrogen-bond donors (Lipinski definition) is 1. The Bertz CT molecular complexity index is 989. The fourth-order valence-corrected chi connectivity index (χ4v) is 4.75. The molecule has 0 saturated heterocycles. The van der Waals surface area contributed by atoms with Gasteiger partial charge in [0.25, 0.3) is 0 Å². The number of thiophene rings is 1. The van der Waals surface area contributed by atoms with E-state index >= 15 is 0 Å². The molecule has 0 spiro atoms. The minimum absolute atomic E-state index is 0.0809. The Hall–Kier alpha value is -2.45. The van der Waals surface area contributed by atoms with E-state index in [-0.39, 0.29) is 24.1 Å². The third kappa shape index (κ3) is 4.69. The van der Waals surface area contributed by atoms with Crippen LogP contribution in [0.5, 0.6) is 0 Å². The van der Waals surface area contributed by atoms with E-state index in [2.05, 4.69) is 22.2 Å². The summed E-state index contributed by atoms with van der Waals surface area (Å²) in [6.07, 6.45) is 1.61. The first-order chi connectivity index (χ1) is 13.5. The number of rotatable bonds is 7. The van der Waals surface area contributed by atoms with Gasteiger partial charge in [-0.2, -0.15) is 0 Å². The predicted molar refractivity (Wildman–Crippen MR) is 112 cm³/mol. The first kappa shape index (κ1) is 20.3. The highest BCUT2D eigenvalue weighted by molar-refractivity contribution is 8.00. The summed E-state index contributed by atoms with van der Waals surface area (Å²) in [5.74, 6) is -0.340. The van der Waals surface area contributed by atoms with Crippen LogP contribution in [-0.4, -0.2) is 34.7 Å². The first-order valence-corrected chi connectivity index (χ1v) is 10.5. The van der Waals surface area contributed by atoms with E-state index in [1.807, 2.05) is 37.3 Å². The van der Waals surface area contributed by atoms with Crippen molar-refractivity contribution in [2.24, 2.45) is 0 Å². The molecule has 3 rings (SSSR count). The molecule has 1 unspecified atom stereocenters. The van der Waals surface area contributed by atoms with Crippen LogP contribution in [-0.2, 0) is 14.3 Å². The molecule has 1 N–H and O–H groups in total. The molecule has 0 radical (unpaired) electrons. The van der Waals surface area contributed by atoms with Crippen LogP contribution >= 0.6 is 23.1 Å². The first-order valence-electron chi connectivity index (χ1n) is 8.74. The van der Waals surface area contributed by atoms with Gasteiger partial charge in [-0.1, -0.05) is 42.1 Å². The second kappa shape index (κ2) is 9.16. The molecule has 1 aromatic carbocycles. The molecular weight excluding hydrogens is 394 g/mol. The topological polar surface area (TPSA) is 81.2 Å². The Kier molecular flexibility index (Phi) is 6.64. The van der Waals surface area contributed by atoms with Crippen LogP contribution < -0.4 is 5.32 Å². The molecule has 0 bridgehead atoms. The highest BCUT2D eigenvalue weighted by atomic mass is 32.2. The zero-order chi connectivity index (χ0) is 20.1. The van der Waals surface area contributed by atoms with Crippen molar-refractivity contribution in [2.75, 3.05) is 12.9 Å². The Morgan fingerprint density at radius 1 is 1.21 bits per heavy atom. The normalized spacial score (nSPS) is 12.0. The number of aryl methyl sites for hydroxylation is 2. The number of benzene rings is 1. The molecule has 1 atom stereocenters. The van der Waals surface area contributed by atoms with E-state index in [1.165, 1.54) is 30.1 Å². The minimum Gasteiger partial charge on any atom is -0.469 e. The van der Waals surface area contributed by atoms with Gasteiger partial charge in [0.2, 0.25) is 5.91 Å². The number of aromatic nitrogens is 2. The van der Waals surface area contributed by atoms with Crippen LogP contribution in [0.1, 0.15) is 28.5 Å². The number of esters is 1. The summed E-state index contributed by atoms with van der Waals surface area (Å²) in [5, 5.41) is 4.74. The summed E-state index contributed by atoms with van der Waals surface area (Å²) in [6.45, 7) is 4.10. The lowest BCUT2D eigenvalue weighted by Crippen LogP contribution is -2.31. The van der Waals surface area contributed by atoms with Crippen LogP contribution in [0.15, 0.2) is 41.7 Å². The molecule has 1 amide bonds. The van der Waals surface area contributed by atoms with Crippen molar-refractivity contribution in [2.45, 2.75) is 31.3 Å². The maximum Gasteiger partial charge on any atom is 0.307 e. The summed E-state index contributed by atoms with van der Waals surface area (Å²) in [5.41, 5.74) is 2.01. The molecule has 0 aliphatic heterocycles. The summed E-state index contributed by atoms with van der Waals surface area (Å²) in [7, 11) is 1.34. The second-order valence-electron chi connectivity index (χ2n) is 6.24. The molecular formula is C20H21N3O3S2. The SMILES string of the molecule is COC(=O)CC(NC(=O)CSc1ncnc2sc(C)c(C)c12)c1ccccc1. The number of fused-ring (bicyclic) bond motifs is 1. The Balaban J connectivity index is 1.71. The average Bonchev–Trinajstić information content (AvgIpc) is 3.00. The molecule has 0 aliphatic carbocycles. The number of hydrogen-bond acceptors (Lipinski definition) is 7. The fourth-order valence-electron chi connectivity index (χ4n) is 2.82. The summed E-state index contributed by atoms with van der Waals surface area (Å²) in [4.78, 5) is 35.1. The lowest BCUT2D eigenvalue weighted by Gasteiger charge is -2.18. The van der Waals surface area contributed by atoms with Gasteiger partial charge in [0.1, 0.15) is 16.2 Å². The van der Waals surface area contributed by atoms with Gasteiger partial charge in [-0.3, -0.25) is 9.59 Å². The van der Waals surface area contributed by atoms with Crippen molar-refractivity contribution >= 4 is 45.2 Å². The van der Waals surface area contributed by atoms with Gasteiger partial charge >= 0.3 is 5.97 Å². The van der Waals surface area contributed by atoms with Crippen molar-refractivity contribution < 1.29 is 14.3 Å². The zero-order valence-corrected chi connectivity index (χ0v) is 17.5. The third-order valence-corrected chi connectivity index (χ3v) is 6.51. The lowest BCUT2D eigenvalue weighted by atomic mass is 10.0. The van der Waals surface area contributed by atoms with Crippen LogP contribution in [0.3, 0.4) is 0 Å². The number of amides is 1. The van der Waals surface area contributed by atoms with E-state index in [0.29, 0.717) is 0 Å². The Morgan fingerprint density at radius 3 is 2.68 bits per heavy atom. The average molecular weight is 416 g/mol. The molecule has 0 fully saturated rings. The van der Waals surface area contributed by atoms with Crippen molar-refractivity contribution in [3.8, 4) is 0 Å². The molecule has 0 saturated carbocycles. The van der Waals surface area contributed by atoms with Crippen molar-refractivity contribution in [1.29, 1.82) is 0 Å². The molecule has 146 valence electrons. The number of carbonyl (C=O) groups is 2. The largest absolute Gasteiger partial charge is 0.469 e. The van der Waals surface area contributed by atoms with Gasteiger partial charge in [-0.15, -0.1) is 11.3 Å². The molecule has 6 nitrogen and oxygen atoms in total. The fraction of sp³-hybridized carbons (Fsp3) is 0.300. The Morgan fingerprint density at radius 2 is 1.96 bits per heavy atom. The number of methoxy groups -OCH3 is 1. The van der Waals surface area contributed by atoms with Gasteiger partial charge in [-0.05, 0) is 25.0 Å². The van der Waals surface area contributed by atoms with Crippen LogP contribution in [0.25, 0.3) is 10.2 Å². The highest BCUT2D eigenvalue weighted by Gasteiger charge is 2.20. The summed E-state index contributed by atoms with van der Waals surface area (Å²) >= 11 is 3.00. The van der Waals surface area contributed by atoms with Gasteiger partial charge in [0.15, 0.2) is 0 Å². The predicted octanol–water partition coefficient (Wildman–Crippen LogP) is 3.82. The maximum absolute atomic E-state index is 12.6. The Labute approximate surface area is 171 Å². The lowest BCUT2D eigenvalue weighted by molar-refractivity contribution is -0.141.